The SMILES string of the molecule is CC(/C=C/CNC(=O)C(Cc1ccccc1)NC(=O)OCc1ccccc1)C(=O)O. The van der Waals surface area contributed by atoms with Crippen LogP contribution in [0.15, 0.2) is 72.8 Å². The van der Waals surface area contributed by atoms with E-state index in [-0.39, 0.29) is 19.1 Å². The molecule has 0 aliphatic rings. The summed E-state index contributed by atoms with van der Waals surface area (Å²) in [6, 6.07) is 17.7. The van der Waals surface area contributed by atoms with Crippen LogP contribution in [-0.2, 0) is 27.4 Å². The van der Waals surface area contributed by atoms with Crippen molar-refractivity contribution in [2.75, 3.05) is 6.54 Å². The minimum atomic E-state index is -0.942. The van der Waals surface area contributed by atoms with Crippen LogP contribution in [0.5, 0.6) is 0 Å². The van der Waals surface area contributed by atoms with Crippen molar-refractivity contribution in [3.63, 3.8) is 0 Å². The number of amides is 2. The number of carbonyl (C=O) groups excluding carboxylic acids is 2. The number of alkyl carbamates (subject to hydrolysis) is 1. The molecule has 30 heavy (non-hydrogen) atoms. The Bertz CT molecular complexity index is 852. The molecule has 3 N–H and O–H groups in total. The van der Waals surface area contributed by atoms with Crippen molar-refractivity contribution in [1.82, 2.24) is 10.6 Å². The first-order valence-electron chi connectivity index (χ1n) is 9.64. The number of hydrogen-bond acceptors (Lipinski definition) is 4. The van der Waals surface area contributed by atoms with Crippen LogP contribution in [0.4, 0.5) is 4.79 Å². The fourth-order valence-corrected chi connectivity index (χ4v) is 2.60. The first kappa shape index (κ1) is 22.7. The van der Waals surface area contributed by atoms with Crippen LogP contribution in [-0.4, -0.2) is 35.7 Å². The number of hydrogen-bond donors (Lipinski definition) is 3. The molecule has 0 spiro atoms. The third-order valence-corrected chi connectivity index (χ3v) is 4.31. The van der Waals surface area contributed by atoms with E-state index in [9.17, 15) is 14.4 Å². The van der Waals surface area contributed by atoms with Crippen LogP contribution in [0, 0.1) is 5.92 Å². The zero-order valence-corrected chi connectivity index (χ0v) is 16.8. The Hall–Kier alpha value is -3.61. The van der Waals surface area contributed by atoms with Crippen LogP contribution in [0.2, 0.25) is 0 Å². The molecular formula is C23H26N2O5. The van der Waals surface area contributed by atoms with Gasteiger partial charge in [-0.3, -0.25) is 9.59 Å². The van der Waals surface area contributed by atoms with E-state index < -0.39 is 24.0 Å². The average molecular weight is 410 g/mol. The number of ether oxygens (including phenoxy) is 1. The molecular weight excluding hydrogens is 384 g/mol. The van der Waals surface area contributed by atoms with Crippen molar-refractivity contribution >= 4 is 18.0 Å². The van der Waals surface area contributed by atoms with Crippen molar-refractivity contribution in [2.24, 2.45) is 5.92 Å². The fraction of sp³-hybridized carbons (Fsp3) is 0.261. The zero-order valence-electron chi connectivity index (χ0n) is 16.8. The van der Waals surface area contributed by atoms with E-state index in [2.05, 4.69) is 10.6 Å². The van der Waals surface area contributed by atoms with Crippen LogP contribution < -0.4 is 10.6 Å². The molecule has 7 nitrogen and oxygen atoms in total. The van der Waals surface area contributed by atoms with Gasteiger partial charge in [-0.25, -0.2) is 4.79 Å². The van der Waals surface area contributed by atoms with Gasteiger partial charge in [0.2, 0.25) is 5.91 Å². The van der Waals surface area contributed by atoms with Gasteiger partial charge >= 0.3 is 12.1 Å². The Morgan fingerprint density at radius 3 is 2.20 bits per heavy atom. The van der Waals surface area contributed by atoms with Gasteiger partial charge in [0.05, 0.1) is 5.92 Å². The summed E-state index contributed by atoms with van der Waals surface area (Å²) in [5, 5.41) is 14.2. The molecule has 0 aromatic heterocycles. The maximum absolute atomic E-state index is 12.6. The van der Waals surface area contributed by atoms with Crippen molar-refractivity contribution in [3.05, 3.63) is 83.9 Å². The first-order chi connectivity index (χ1) is 14.5. The van der Waals surface area contributed by atoms with Gasteiger partial charge in [-0.15, -0.1) is 0 Å². The Morgan fingerprint density at radius 1 is 1.00 bits per heavy atom. The molecule has 2 unspecified atom stereocenters. The van der Waals surface area contributed by atoms with E-state index in [0.29, 0.717) is 6.42 Å². The highest BCUT2D eigenvalue weighted by atomic mass is 16.5. The number of carboxylic acids is 1. The largest absolute Gasteiger partial charge is 0.481 e. The van der Waals surface area contributed by atoms with E-state index in [4.69, 9.17) is 9.84 Å². The number of aliphatic carboxylic acids is 1. The molecule has 0 aliphatic heterocycles. The summed E-state index contributed by atoms with van der Waals surface area (Å²) in [5.41, 5.74) is 1.73. The van der Waals surface area contributed by atoms with E-state index in [1.165, 1.54) is 6.08 Å². The van der Waals surface area contributed by atoms with Gasteiger partial charge in [0.15, 0.2) is 0 Å². The summed E-state index contributed by atoms with van der Waals surface area (Å²) in [6.07, 6.45) is 2.67. The predicted octanol–water partition coefficient (Wildman–Crippen LogP) is 2.92. The van der Waals surface area contributed by atoms with Gasteiger partial charge < -0.3 is 20.5 Å². The highest BCUT2D eigenvalue weighted by molar-refractivity contribution is 5.86. The van der Waals surface area contributed by atoms with Gasteiger partial charge in [0.25, 0.3) is 0 Å². The van der Waals surface area contributed by atoms with Crippen LogP contribution in [0.3, 0.4) is 0 Å². The van der Waals surface area contributed by atoms with Gasteiger partial charge in [-0.2, -0.15) is 0 Å². The standard InChI is InChI=1S/C23H26N2O5/c1-17(22(27)28)9-8-14-24-21(26)20(15-18-10-4-2-5-11-18)25-23(29)30-16-19-12-6-3-7-13-19/h2-13,17,20H,14-16H2,1H3,(H,24,26)(H,25,29)(H,27,28)/b9-8+. The Labute approximate surface area is 175 Å². The summed E-state index contributed by atoms with van der Waals surface area (Å²) in [7, 11) is 0. The van der Waals surface area contributed by atoms with Crippen molar-refractivity contribution in [1.29, 1.82) is 0 Å². The minimum Gasteiger partial charge on any atom is -0.481 e. The Kier molecular flexibility index (Phi) is 9.12. The van der Waals surface area contributed by atoms with Gasteiger partial charge in [-0.1, -0.05) is 72.8 Å². The van der Waals surface area contributed by atoms with Crippen molar-refractivity contribution in [3.8, 4) is 0 Å². The molecule has 0 bridgehead atoms. The topological polar surface area (TPSA) is 105 Å². The minimum absolute atomic E-state index is 0.0994. The Balaban J connectivity index is 1.94. The fourth-order valence-electron chi connectivity index (χ4n) is 2.60. The molecule has 0 saturated carbocycles. The summed E-state index contributed by atoms with van der Waals surface area (Å²) in [6.45, 7) is 1.80. The lowest BCUT2D eigenvalue weighted by Crippen LogP contribution is -2.48. The quantitative estimate of drug-likeness (QED) is 0.523. The van der Waals surface area contributed by atoms with Crippen LogP contribution in [0.1, 0.15) is 18.1 Å². The molecule has 0 aliphatic carbocycles. The first-order valence-corrected chi connectivity index (χ1v) is 9.64. The molecule has 2 atom stereocenters. The molecule has 2 rings (SSSR count). The maximum Gasteiger partial charge on any atom is 0.408 e. The summed E-state index contributed by atoms with van der Waals surface area (Å²) >= 11 is 0. The number of carboxylic acid groups (broad SMARTS) is 1. The summed E-state index contributed by atoms with van der Waals surface area (Å²) < 4.78 is 5.22. The molecule has 7 heteroatoms. The van der Waals surface area contributed by atoms with Crippen LogP contribution in [0.25, 0.3) is 0 Å². The second kappa shape index (κ2) is 12.1. The highest BCUT2D eigenvalue weighted by Crippen LogP contribution is 2.05. The Morgan fingerprint density at radius 2 is 1.60 bits per heavy atom. The van der Waals surface area contributed by atoms with Crippen LogP contribution >= 0.6 is 0 Å². The van der Waals surface area contributed by atoms with Gasteiger partial charge in [0, 0.05) is 13.0 Å². The third-order valence-electron chi connectivity index (χ3n) is 4.31. The molecule has 2 amide bonds. The second-order valence-electron chi connectivity index (χ2n) is 6.75. The lowest BCUT2D eigenvalue weighted by Gasteiger charge is -2.18. The molecule has 158 valence electrons. The van der Waals surface area contributed by atoms with Crippen molar-refractivity contribution < 1.29 is 24.2 Å². The lowest BCUT2D eigenvalue weighted by atomic mass is 10.1. The van der Waals surface area contributed by atoms with E-state index >= 15 is 0 Å². The van der Waals surface area contributed by atoms with Gasteiger partial charge in [-0.05, 0) is 18.1 Å². The third kappa shape index (κ3) is 8.18. The number of carbonyl (C=O) groups is 3. The lowest BCUT2D eigenvalue weighted by molar-refractivity contribution is -0.139. The molecule has 0 fully saturated rings. The molecule has 0 heterocycles. The highest BCUT2D eigenvalue weighted by Gasteiger charge is 2.21. The second-order valence-corrected chi connectivity index (χ2v) is 6.75. The maximum atomic E-state index is 12.6. The summed E-state index contributed by atoms with van der Waals surface area (Å²) in [4.78, 5) is 35.7. The predicted molar refractivity (Wildman–Crippen MR) is 113 cm³/mol. The number of benzene rings is 2. The number of rotatable bonds is 10. The summed E-state index contributed by atoms with van der Waals surface area (Å²) in [5.74, 6) is -1.97. The monoisotopic (exact) mass is 410 g/mol. The molecule has 2 aromatic carbocycles. The molecule has 2 aromatic rings. The molecule has 0 radical (unpaired) electrons. The van der Waals surface area contributed by atoms with E-state index in [0.717, 1.165) is 11.1 Å². The van der Waals surface area contributed by atoms with Crippen molar-refractivity contribution in [2.45, 2.75) is 26.0 Å². The van der Waals surface area contributed by atoms with Gasteiger partial charge in [0.1, 0.15) is 12.6 Å². The van der Waals surface area contributed by atoms with E-state index in [1.807, 2.05) is 60.7 Å². The van der Waals surface area contributed by atoms with E-state index in [1.54, 1.807) is 13.0 Å². The number of nitrogens with one attached hydrogen (secondary N) is 2. The normalized spacial score (nSPS) is 12.7. The smallest absolute Gasteiger partial charge is 0.408 e. The molecule has 0 saturated heterocycles. The zero-order chi connectivity index (χ0) is 21.8. The average Bonchev–Trinajstić information content (AvgIpc) is 2.76.